The molecule has 1 unspecified atom stereocenters. The molecule has 1 aliphatic rings. The summed E-state index contributed by atoms with van der Waals surface area (Å²) in [5.74, 6) is 2.17. The predicted octanol–water partition coefficient (Wildman–Crippen LogP) is 4.67. The van der Waals surface area contributed by atoms with Crippen LogP contribution in [0, 0.1) is 5.92 Å². The van der Waals surface area contributed by atoms with E-state index in [9.17, 15) is 0 Å². The molecule has 16 heavy (non-hydrogen) atoms. The maximum absolute atomic E-state index is 2.33. The van der Waals surface area contributed by atoms with Crippen molar-refractivity contribution in [2.24, 2.45) is 5.92 Å². The number of benzene rings is 1. The summed E-state index contributed by atoms with van der Waals surface area (Å²) < 4.78 is 0. The maximum atomic E-state index is 2.33. The molecular weight excluding hydrogens is 212 g/mol. The van der Waals surface area contributed by atoms with Crippen molar-refractivity contribution in [3.8, 4) is 0 Å². The summed E-state index contributed by atoms with van der Waals surface area (Å²) in [5.41, 5.74) is 1.50. The molecule has 1 aliphatic heterocycles. The van der Waals surface area contributed by atoms with Crippen molar-refractivity contribution in [1.82, 2.24) is 0 Å². The average molecular weight is 232 g/mol. The molecule has 0 aliphatic carbocycles. The van der Waals surface area contributed by atoms with E-state index in [0.29, 0.717) is 0 Å². The third-order valence-corrected chi connectivity index (χ3v) is 4.04. The third kappa shape index (κ3) is 4.05. The fourth-order valence-electron chi connectivity index (χ4n) is 2.26. The van der Waals surface area contributed by atoms with E-state index in [0.717, 1.165) is 5.92 Å². The first-order valence-corrected chi connectivity index (χ1v) is 7.30. The van der Waals surface area contributed by atoms with Gasteiger partial charge in [-0.25, -0.2) is 0 Å². The van der Waals surface area contributed by atoms with Gasteiger partial charge in [-0.2, -0.15) is 0 Å². The minimum Gasteiger partial charge on any atom is -0.134 e. The molecule has 0 saturated heterocycles. The fourth-order valence-corrected chi connectivity index (χ4v) is 3.14. The normalized spacial score (nSPS) is 22.1. The van der Waals surface area contributed by atoms with Crippen LogP contribution in [0.25, 0.3) is 0 Å². The van der Waals surface area contributed by atoms with Crippen LogP contribution in [-0.2, 0) is 6.42 Å². The highest BCUT2D eigenvalue weighted by Crippen LogP contribution is 2.23. The molecule has 1 heteroatoms. The van der Waals surface area contributed by atoms with Crippen LogP contribution in [0.2, 0.25) is 0 Å². The maximum Gasteiger partial charge on any atom is -0.00233 e. The SMILES string of the molecule is C1=CSCCC(Cc2ccccc2)CCC1. The summed E-state index contributed by atoms with van der Waals surface area (Å²) in [6.07, 6.45) is 8.97. The number of hydrogen-bond acceptors (Lipinski definition) is 1. The molecule has 1 aromatic rings. The summed E-state index contributed by atoms with van der Waals surface area (Å²) in [6.45, 7) is 0. The van der Waals surface area contributed by atoms with Crippen LogP contribution in [0.4, 0.5) is 0 Å². The molecule has 0 amide bonds. The summed E-state index contributed by atoms with van der Waals surface area (Å²) in [5, 5.41) is 2.28. The summed E-state index contributed by atoms with van der Waals surface area (Å²) in [6, 6.07) is 10.9. The van der Waals surface area contributed by atoms with Gasteiger partial charge in [0.2, 0.25) is 0 Å². The molecule has 0 radical (unpaired) electrons. The topological polar surface area (TPSA) is 0 Å². The van der Waals surface area contributed by atoms with Crippen molar-refractivity contribution in [3.63, 3.8) is 0 Å². The Balaban J connectivity index is 1.88. The quantitative estimate of drug-likeness (QED) is 0.714. The second-order valence-electron chi connectivity index (χ2n) is 4.52. The average Bonchev–Trinajstić information content (AvgIpc) is 2.45. The Morgan fingerprint density at radius 3 is 2.88 bits per heavy atom. The first kappa shape index (κ1) is 11.8. The van der Waals surface area contributed by atoms with Gasteiger partial charge in [0, 0.05) is 0 Å². The van der Waals surface area contributed by atoms with Gasteiger partial charge in [-0.05, 0) is 54.7 Å². The van der Waals surface area contributed by atoms with Crippen molar-refractivity contribution >= 4 is 11.8 Å². The molecule has 1 aromatic carbocycles. The van der Waals surface area contributed by atoms with Gasteiger partial charge in [-0.3, -0.25) is 0 Å². The molecule has 1 heterocycles. The van der Waals surface area contributed by atoms with Gasteiger partial charge in [-0.15, -0.1) is 11.8 Å². The zero-order chi connectivity index (χ0) is 11.1. The Morgan fingerprint density at radius 1 is 1.12 bits per heavy atom. The minimum absolute atomic E-state index is 0.884. The lowest BCUT2D eigenvalue weighted by molar-refractivity contribution is 0.458. The van der Waals surface area contributed by atoms with Crippen LogP contribution >= 0.6 is 11.8 Å². The monoisotopic (exact) mass is 232 g/mol. The van der Waals surface area contributed by atoms with Crippen molar-refractivity contribution < 1.29 is 0 Å². The highest BCUT2D eigenvalue weighted by atomic mass is 32.2. The Kier molecular flexibility index (Phi) is 5.01. The zero-order valence-corrected chi connectivity index (χ0v) is 10.6. The van der Waals surface area contributed by atoms with Crippen LogP contribution in [0.5, 0.6) is 0 Å². The molecule has 0 saturated carbocycles. The van der Waals surface area contributed by atoms with E-state index >= 15 is 0 Å². The van der Waals surface area contributed by atoms with E-state index in [-0.39, 0.29) is 0 Å². The summed E-state index contributed by atoms with van der Waals surface area (Å²) in [7, 11) is 0. The van der Waals surface area contributed by atoms with Crippen LogP contribution in [0.1, 0.15) is 31.2 Å². The summed E-state index contributed by atoms with van der Waals surface area (Å²) >= 11 is 1.98. The van der Waals surface area contributed by atoms with Gasteiger partial charge in [-0.1, -0.05) is 36.4 Å². The van der Waals surface area contributed by atoms with Gasteiger partial charge in [0.05, 0.1) is 0 Å². The molecule has 0 aromatic heterocycles. The van der Waals surface area contributed by atoms with Gasteiger partial charge >= 0.3 is 0 Å². The Labute approximate surface area is 103 Å². The van der Waals surface area contributed by atoms with Crippen molar-refractivity contribution in [2.45, 2.75) is 32.1 Å². The van der Waals surface area contributed by atoms with Crippen molar-refractivity contribution in [2.75, 3.05) is 5.75 Å². The van der Waals surface area contributed by atoms with Gasteiger partial charge in [0.1, 0.15) is 0 Å². The predicted molar refractivity (Wildman–Crippen MR) is 73.7 cm³/mol. The zero-order valence-electron chi connectivity index (χ0n) is 9.77. The Hall–Kier alpha value is -0.690. The minimum atomic E-state index is 0.884. The largest absolute Gasteiger partial charge is 0.134 e. The third-order valence-electron chi connectivity index (χ3n) is 3.19. The molecular formula is C15H20S. The standard InChI is InChI=1S/C15H20S/c1-3-7-14(8-4-1)13-15-9-5-2-6-11-16-12-10-15/h1,3-4,6-8,11,15H,2,5,9-10,12-13H2. The highest BCUT2D eigenvalue weighted by Gasteiger charge is 2.10. The number of allylic oxidation sites excluding steroid dienone is 1. The number of rotatable bonds is 2. The first-order valence-electron chi connectivity index (χ1n) is 6.25. The molecule has 86 valence electrons. The Morgan fingerprint density at radius 2 is 2.00 bits per heavy atom. The van der Waals surface area contributed by atoms with Crippen LogP contribution < -0.4 is 0 Å². The number of thioether (sulfide) groups is 1. The molecule has 0 fully saturated rings. The lowest BCUT2D eigenvalue weighted by Crippen LogP contribution is -2.05. The van der Waals surface area contributed by atoms with E-state index in [2.05, 4.69) is 41.8 Å². The molecule has 1 atom stereocenters. The highest BCUT2D eigenvalue weighted by molar-refractivity contribution is 8.02. The number of hydrogen-bond donors (Lipinski definition) is 0. The molecule has 0 N–H and O–H groups in total. The molecule has 2 rings (SSSR count). The van der Waals surface area contributed by atoms with E-state index in [1.54, 1.807) is 0 Å². The molecule has 0 bridgehead atoms. The van der Waals surface area contributed by atoms with Crippen LogP contribution in [0.3, 0.4) is 0 Å². The van der Waals surface area contributed by atoms with E-state index in [1.807, 2.05) is 11.8 Å². The summed E-state index contributed by atoms with van der Waals surface area (Å²) in [4.78, 5) is 0. The first-order chi connectivity index (χ1) is 7.95. The van der Waals surface area contributed by atoms with E-state index < -0.39 is 0 Å². The van der Waals surface area contributed by atoms with Crippen LogP contribution in [0.15, 0.2) is 41.8 Å². The van der Waals surface area contributed by atoms with E-state index in [1.165, 1.54) is 43.4 Å². The Bertz CT molecular complexity index is 303. The second-order valence-corrected chi connectivity index (χ2v) is 5.53. The van der Waals surface area contributed by atoms with Crippen molar-refractivity contribution in [1.29, 1.82) is 0 Å². The lowest BCUT2D eigenvalue weighted by atomic mass is 9.92. The van der Waals surface area contributed by atoms with Gasteiger partial charge < -0.3 is 0 Å². The second kappa shape index (κ2) is 6.80. The van der Waals surface area contributed by atoms with Gasteiger partial charge in [0.25, 0.3) is 0 Å². The van der Waals surface area contributed by atoms with Gasteiger partial charge in [0.15, 0.2) is 0 Å². The lowest BCUT2D eigenvalue weighted by Gasteiger charge is -2.15. The fraction of sp³-hybridized carbons (Fsp3) is 0.467. The van der Waals surface area contributed by atoms with E-state index in [4.69, 9.17) is 0 Å². The molecule has 0 spiro atoms. The molecule has 0 nitrogen and oxygen atoms in total. The van der Waals surface area contributed by atoms with Crippen molar-refractivity contribution in [3.05, 3.63) is 47.4 Å². The van der Waals surface area contributed by atoms with Crippen LogP contribution in [-0.4, -0.2) is 5.75 Å². The smallest absolute Gasteiger partial charge is 0.00233 e.